The topological polar surface area (TPSA) is 69.8 Å². The van der Waals surface area contributed by atoms with Gasteiger partial charge in [-0.2, -0.15) is 0 Å². The number of hydrogen-bond acceptors (Lipinski definition) is 4. The van der Waals surface area contributed by atoms with Crippen LogP contribution in [-0.2, 0) is 4.79 Å². The molecule has 1 saturated carbocycles. The molecule has 0 aliphatic heterocycles. The van der Waals surface area contributed by atoms with Gasteiger partial charge in [0.15, 0.2) is 0 Å². The number of aliphatic carboxylic acids is 1. The van der Waals surface area contributed by atoms with E-state index in [1.165, 1.54) is 19.3 Å². The smallest absolute Gasteiger partial charge is 0.323 e. The van der Waals surface area contributed by atoms with E-state index in [4.69, 9.17) is 10.8 Å². The summed E-state index contributed by atoms with van der Waals surface area (Å²) in [6.45, 7) is 3.80. The monoisotopic (exact) mass is 285 g/mol. The Morgan fingerprint density at radius 1 is 1.35 bits per heavy atom. The van der Waals surface area contributed by atoms with Gasteiger partial charge in [0.2, 0.25) is 0 Å². The Hall–Kier alpha value is -0.650. The number of rotatable bonds is 9. The van der Waals surface area contributed by atoms with Crippen molar-refractivity contribution in [3.05, 3.63) is 0 Å². The van der Waals surface area contributed by atoms with Crippen LogP contribution in [0.3, 0.4) is 0 Å². The lowest BCUT2D eigenvalue weighted by atomic mass is 9.75. The maximum Gasteiger partial charge on any atom is 0.323 e. The molecule has 3 N–H and O–H groups in total. The molecule has 1 aliphatic rings. The number of hydrogen-bond donors (Lipinski definition) is 2. The minimum absolute atomic E-state index is 0.326. The first-order chi connectivity index (χ1) is 9.26. The SMILES string of the molecule is CCC(N)(CCCN(C)CC1(N(C)C)CCC1)C(=O)O. The Kier molecular flexibility index (Phi) is 5.98. The van der Waals surface area contributed by atoms with Gasteiger partial charge in [-0.25, -0.2) is 0 Å². The van der Waals surface area contributed by atoms with Crippen LogP contribution in [0.1, 0.15) is 45.4 Å². The lowest BCUT2D eigenvalue weighted by Gasteiger charge is -2.49. The van der Waals surface area contributed by atoms with Crippen LogP contribution in [0, 0.1) is 0 Å². The first kappa shape index (κ1) is 17.4. The van der Waals surface area contributed by atoms with Gasteiger partial charge in [0.05, 0.1) is 0 Å². The van der Waals surface area contributed by atoms with Crippen molar-refractivity contribution in [2.75, 3.05) is 34.2 Å². The minimum Gasteiger partial charge on any atom is -0.480 e. The fourth-order valence-electron chi connectivity index (χ4n) is 3.01. The maximum atomic E-state index is 11.2. The van der Waals surface area contributed by atoms with Crippen molar-refractivity contribution in [2.24, 2.45) is 5.73 Å². The lowest BCUT2D eigenvalue weighted by molar-refractivity contribution is -0.143. The van der Waals surface area contributed by atoms with Gasteiger partial charge >= 0.3 is 5.97 Å². The summed E-state index contributed by atoms with van der Waals surface area (Å²) in [6.07, 6.45) is 5.68. The van der Waals surface area contributed by atoms with E-state index in [1.807, 2.05) is 6.92 Å². The molecular formula is C15H31N3O2. The minimum atomic E-state index is -1.06. The second-order valence-corrected chi connectivity index (χ2v) is 6.63. The molecule has 118 valence electrons. The Balaban J connectivity index is 2.37. The van der Waals surface area contributed by atoms with Crippen LogP contribution >= 0.6 is 0 Å². The average Bonchev–Trinajstić information content (AvgIpc) is 2.32. The quantitative estimate of drug-likeness (QED) is 0.670. The predicted octanol–water partition coefficient (Wildman–Crippen LogP) is 1.37. The molecule has 5 heteroatoms. The highest BCUT2D eigenvalue weighted by atomic mass is 16.4. The van der Waals surface area contributed by atoms with Crippen LogP contribution in [0.25, 0.3) is 0 Å². The van der Waals surface area contributed by atoms with Crippen molar-refractivity contribution in [3.63, 3.8) is 0 Å². The molecular weight excluding hydrogens is 254 g/mol. The molecule has 1 atom stereocenters. The van der Waals surface area contributed by atoms with Crippen LogP contribution in [0.5, 0.6) is 0 Å². The van der Waals surface area contributed by atoms with Crippen LogP contribution in [0.2, 0.25) is 0 Å². The molecule has 0 saturated heterocycles. The number of carbonyl (C=O) groups is 1. The standard InChI is InChI=1S/C15H31N3O2/c1-5-15(16,13(19)20)10-7-11-18(4)12-14(17(2)3)8-6-9-14/h5-12,16H2,1-4H3,(H,19,20). The van der Waals surface area contributed by atoms with Crippen molar-refractivity contribution < 1.29 is 9.90 Å². The first-order valence-corrected chi connectivity index (χ1v) is 7.64. The maximum absolute atomic E-state index is 11.2. The van der Waals surface area contributed by atoms with E-state index >= 15 is 0 Å². The number of nitrogens with zero attached hydrogens (tertiary/aromatic N) is 2. The second-order valence-electron chi connectivity index (χ2n) is 6.63. The van der Waals surface area contributed by atoms with Crippen LogP contribution in [0.15, 0.2) is 0 Å². The van der Waals surface area contributed by atoms with E-state index in [1.54, 1.807) is 0 Å². The Morgan fingerprint density at radius 3 is 2.30 bits per heavy atom. The molecule has 0 aromatic carbocycles. The molecule has 0 aromatic heterocycles. The average molecular weight is 285 g/mol. The highest BCUT2D eigenvalue weighted by molar-refractivity contribution is 5.78. The fourth-order valence-corrected chi connectivity index (χ4v) is 3.01. The van der Waals surface area contributed by atoms with Crippen molar-refractivity contribution in [1.29, 1.82) is 0 Å². The normalized spacial score (nSPS) is 20.8. The summed E-state index contributed by atoms with van der Waals surface area (Å²) in [4.78, 5) is 15.8. The molecule has 1 aliphatic carbocycles. The van der Waals surface area contributed by atoms with E-state index in [9.17, 15) is 4.79 Å². The molecule has 5 nitrogen and oxygen atoms in total. The zero-order valence-corrected chi connectivity index (χ0v) is 13.5. The van der Waals surface area contributed by atoms with E-state index in [0.29, 0.717) is 18.4 Å². The molecule has 0 radical (unpaired) electrons. The molecule has 0 amide bonds. The van der Waals surface area contributed by atoms with Crippen LogP contribution in [0.4, 0.5) is 0 Å². The molecule has 0 spiro atoms. The van der Waals surface area contributed by atoms with E-state index in [2.05, 4.69) is 30.9 Å². The molecule has 0 bridgehead atoms. The highest BCUT2D eigenvalue weighted by Gasteiger charge is 2.39. The van der Waals surface area contributed by atoms with E-state index in [0.717, 1.165) is 19.5 Å². The number of nitrogens with two attached hydrogens (primary N) is 1. The van der Waals surface area contributed by atoms with Crippen molar-refractivity contribution in [3.8, 4) is 0 Å². The van der Waals surface area contributed by atoms with E-state index in [-0.39, 0.29) is 0 Å². The largest absolute Gasteiger partial charge is 0.480 e. The second kappa shape index (κ2) is 6.87. The Labute approximate surface area is 123 Å². The summed E-state index contributed by atoms with van der Waals surface area (Å²) in [5.41, 5.74) is 5.18. The summed E-state index contributed by atoms with van der Waals surface area (Å²) in [7, 11) is 6.42. The summed E-state index contributed by atoms with van der Waals surface area (Å²) in [6, 6.07) is 0. The van der Waals surface area contributed by atoms with Gasteiger partial charge in [-0.05, 0) is 66.2 Å². The third-order valence-electron chi connectivity index (χ3n) is 5.02. The van der Waals surface area contributed by atoms with Gasteiger partial charge in [-0.1, -0.05) is 6.92 Å². The van der Waals surface area contributed by atoms with Crippen molar-refractivity contribution in [1.82, 2.24) is 9.80 Å². The molecule has 1 unspecified atom stereocenters. The Morgan fingerprint density at radius 2 is 1.95 bits per heavy atom. The molecule has 0 heterocycles. The van der Waals surface area contributed by atoms with E-state index < -0.39 is 11.5 Å². The number of carboxylic acid groups (broad SMARTS) is 1. The first-order valence-electron chi connectivity index (χ1n) is 7.64. The van der Waals surface area contributed by atoms with Gasteiger partial charge in [0.1, 0.15) is 5.54 Å². The summed E-state index contributed by atoms with van der Waals surface area (Å²) < 4.78 is 0. The van der Waals surface area contributed by atoms with Gasteiger partial charge in [0, 0.05) is 12.1 Å². The molecule has 1 rings (SSSR count). The molecule has 0 aromatic rings. The van der Waals surface area contributed by atoms with Gasteiger partial charge in [-0.15, -0.1) is 0 Å². The van der Waals surface area contributed by atoms with Gasteiger partial charge in [0.25, 0.3) is 0 Å². The summed E-state index contributed by atoms with van der Waals surface area (Å²) in [5.74, 6) is -0.883. The molecule has 20 heavy (non-hydrogen) atoms. The van der Waals surface area contributed by atoms with Crippen LogP contribution < -0.4 is 5.73 Å². The highest BCUT2D eigenvalue weighted by Crippen LogP contribution is 2.36. The van der Waals surface area contributed by atoms with Gasteiger partial charge < -0.3 is 20.6 Å². The van der Waals surface area contributed by atoms with Gasteiger partial charge in [-0.3, -0.25) is 4.79 Å². The van der Waals surface area contributed by atoms with Crippen LogP contribution in [-0.4, -0.2) is 66.2 Å². The third kappa shape index (κ3) is 3.93. The summed E-state index contributed by atoms with van der Waals surface area (Å²) >= 11 is 0. The lowest BCUT2D eigenvalue weighted by Crippen LogP contribution is -2.56. The predicted molar refractivity (Wildman–Crippen MR) is 81.8 cm³/mol. The van der Waals surface area contributed by atoms with Crippen molar-refractivity contribution in [2.45, 2.75) is 56.5 Å². The fraction of sp³-hybridized carbons (Fsp3) is 0.933. The number of likely N-dealkylation sites (N-methyl/N-ethyl adjacent to an activating group) is 2. The zero-order valence-electron chi connectivity index (χ0n) is 13.5. The number of carboxylic acids is 1. The van der Waals surface area contributed by atoms with Crippen molar-refractivity contribution >= 4 is 5.97 Å². The summed E-state index contributed by atoms with van der Waals surface area (Å²) in [5, 5.41) is 9.16. The third-order valence-corrected chi connectivity index (χ3v) is 5.02. The molecule has 1 fully saturated rings. The Bertz CT molecular complexity index is 329. The zero-order chi connectivity index (χ0) is 15.4.